The Kier molecular flexibility index (Phi) is 4.36. The minimum atomic E-state index is -4.06. The van der Waals surface area contributed by atoms with Crippen molar-refractivity contribution in [1.29, 1.82) is 0 Å². The van der Waals surface area contributed by atoms with Crippen LogP contribution in [0.2, 0.25) is 0 Å². The van der Waals surface area contributed by atoms with Gasteiger partial charge in [0.25, 0.3) is 10.1 Å². The molecule has 0 aliphatic rings. The molecule has 75 valence electrons. The van der Waals surface area contributed by atoms with Gasteiger partial charge in [-0.25, -0.2) is 0 Å². The van der Waals surface area contributed by atoms with E-state index < -0.39 is 10.1 Å². The molecule has 0 aromatic heterocycles. The molecule has 0 aliphatic heterocycles. The van der Waals surface area contributed by atoms with Crippen molar-refractivity contribution >= 4 is 16.2 Å². The molecule has 0 bridgehead atoms. The normalized spacial score (nSPS) is 10.2. The zero-order chi connectivity index (χ0) is 9.19. The van der Waals surface area contributed by atoms with Crippen LogP contribution in [0.3, 0.4) is 0 Å². The molecule has 5 heteroatoms. The van der Waals surface area contributed by atoms with Gasteiger partial charge in [0.1, 0.15) is 0 Å². The van der Waals surface area contributed by atoms with Crippen LogP contribution >= 0.6 is 0 Å². The number of benzene rings is 1. The largest absolute Gasteiger partial charge is 0.294 e. The van der Waals surface area contributed by atoms with Gasteiger partial charge in [-0.1, -0.05) is 24.8 Å². The van der Waals surface area contributed by atoms with Crippen molar-refractivity contribution in [2.24, 2.45) is 0 Å². The molecule has 0 atom stereocenters. The van der Waals surface area contributed by atoms with Crippen molar-refractivity contribution in [2.75, 3.05) is 0 Å². The van der Waals surface area contributed by atoms with Gasteiger partial charge in [-0.3, -0.25) is 4.55 Å². The van der Waals surface area contributed by atoms with Gasteiger partial charge in [-0.15, -0.1) is 0 Å². The van der Waals surface area contributed by atoms with Crippen molar-refractivity contribution in [3.63, 3.8) is 0 Å². The first-order valence-electron chi connectivity index (χ1n) is 3.24. The second kappa shape index (κ2) is 4.58. The summed E-state index contributed by atoms with van der Waals surface area (Å²) in [6, 6.07) is 5.78. The van der Waals surface area contributed by atoms with Crippen LogP contribution in [-0.2, 0) is 27.2 Å². The average Bonchev–Trinajstić information content (AvgIpc) is 2.03. The Morgan fingerprint density at radius 3 is 2.00 bits per heavy atom. The molecule has 1 N–H and O–H groups in total. The van der Waals surface area contributed by atoms with Crippen molar-refractivity contribution < 1.29 is 30.0 Å². The second-order valence-electron chi connectivity index (χ2n) is 2.25. The molecule has 1 radical (unpaired) electrons. The SMILES string of the molecule is C=Cc1ccc(S(=O)(=O)O)cc1.[Cu]. The number of hydrogen-bond donors (Lipinski definition) is 1. The molecule has 0 fully saturated rings. The topological polar surface area (TPSA) is 54.4 Å². The molecule has 0 saturated heterocycles. The molecular weight excluding hydrogens is 240 g/mol. The maximum atomic E-state index is 10.6. The third-order valence-corrected chi connectivity index (χ3v) is 2.28. The summed E-state index contributed by atoms with van der Waals surface area (Å²) in [4.78, 5) is -0.104. The van der Waals surface area contributed by atoms with Gasteiger partial charge in [0, 0.05) is 17.1 Å². The van der Waals surface area contributed by atoms with Crippen LogP contribution in [-0.4, -0.2) is 13.0 Å². The fraction of sp³-hybridized carbons (Fsp3) is 0. The molecule has 0 heterocycles. The molecule has 3 nitrogen and oxygen atoms in total. The molecule has 0 spiro atoms. The third-order valence-electron chi connectivity index (χ3n) is 1.41. The van der Waals surface area contributed by atoms with Crippen LogP contribution < -0.4 is 0 Å². The minimum absolute atomic E-state index is 0. The predicted octanol–water partition coefficient (Wildman–Crippen LogP) is 1.57. The first-order valence-corrected chi connectivity index (χ1v) is 4.68. The van der Waals surface area contributed by atoms with E-state index in [1.54, 1.807) is 18.2 Å². The standard InChI is InChI=1S/C8H8O3S.Cu/c1-2-7-3-5-8(6-4-7)12(9,10)11;/h2-6H,1H2,(H,9,10,11);. The molecule has 0 unspecified atom stereocenters. The molecule has 0 aliphatic carbocycles. The van der Waals surface area contributed by atoms with Crippen molar-refractivity contribution in [1.82, 2.24) is 0 Å². The summed E-state index contributed by atoms with van der Waals surface area (Å²) in [6.45, 7) is 3.51. The summed E-state index contributed by atoms with van der Waals surface area (Å²) >= 11 is 0. The monoisotopic (exact) mass is 247 g/mol. The fourth-order valence-corrected chi connectivity index (χ4v) is 1.26. The molecule has 1 aromatic carbocycles. The van der Waals surface area contributed by atoms with Gasteiger partial charge in [-0.05, 0) is 17.7 Å². The molecule has 1 rings (SSSR count). The quantitative estimate of drug-likeness (QED) is 0.638. The summed E-state index contributed by atoms with van der Waals surface area (Å²) in [5, 5.41) is 0. The van der Waals surface area contributed by atoms with Gasteiger partial charge in [-0.2, -0.15) is 8.42 Å². The average molecular weight is 248 g/mol. The number of rotatable bonds is 2. The Morgan fingerprint density at radius 2 is 1.69 bits per heavy atom. The Morgan fingerprint density at radius 1 is 1.23 bits per heavy atom. The predicted molar refractivity (Wildman–Crippen MR) is 46.3 cm³/mol. The minimum Gasteiger partial charge on any atom is -0.282 e. The van der Waals surface area contributed by atoms with Crippen LogP contribution in [0, 0.1) is 0 Å². The van der Waals surface area contributed by atoms with Crippen LogP contribution in [0.4, 0.5) is 0 Å². The van der Waals surface area contributed by atoms with E-state index >= 15 is 0 Å². The smallest absolute Gasteiger partial charge is 0.282 e. The van der Waals surface area contributed by atoms with E-state index in [4.69, 9.17) is 4.55 Å². The van der Waals surface area contributed by atoms with Gasteiger partial charge in [0.05, 0.1) is 4.90 Å². The fourth-order valence-electron chi connectivity index (χ4n) is 0.776. The third kappa shape index (κ3) is 3.32. The van der Waals surface area contributed by atoms with Gasteiger partial charge in [0.2, 0.25) is 0 Å². The Balaban J connectivity index is 0.00000144. The van der Waals surface area contributed by atoms with Crippen LogP contribution in [0.15, 0.2) is 35.7 Å². The van der Waals surface area contributed by atoms with E-state index in [9.17, 15) is 8.42 Å². The van der Waals surface area contributed by atoms with Crippen molar-refractivity contribution in [3.8, 4) is 0 Å². The van der Waals surface area contributed by atoms with E-state index in [1.165, 1.54) is 12.1 Å². The Labute approximate surface area is 87.7 Å². The van der Waals surface area contributed by atoms with E-state index in [0.717, 1.165) is 5.56 Å². The van der Waals surface area contributed by atoms with Crippen molar-refractivity contribution in [3.05, 3.63) is 36.4 Å². The first kappa shape index (κ1) is 12.4. The van der Waals surface area contributed by atoms with E-state index in [1.807, 2.05) is 0 Å². The molecule has 1 aromatic rings. The molecule has 0 amide bonds. The van der Waals surface area contributed by atoms with Crippen LogP contribution in [0.5, 0.6) is 0 Å². The number of hydrogen-bond acceptors (Lipinski definition) is 2. The molecule has 0 saturated carbocycles. The summed E-state index contributed by atoms with van der Waals surface area (Å²) in [7, 11) is -4.06. The van der Waals surface area contributed by atoms with E-state index in [-0.39, 0.29) is 22.0 Å². The van der Waals surface area contributed by atoms with E-state index in [2.05, 4.69) is 6.58 Å². The van der Waals surface area contributed by atoms with Crippen molar-refractivity contribution in [2.45, 2.75) is 4.90 Å². The van der Waals surface area contributed by atoms with Gasteiger partial charge >= 0.3 is 0 Å². The Bertz CT molecular complexity index is 380. The molecule has 13 heavy (non-hydrogen) atoms. The van der Waals surface area contributed by atoms with Gasteiger partial charge in [0.15, 0.2) is 0 Å². The van der Waals surface area contributed by atoms with Gasteiger partial charge < -0.3 is 0 Å². The second-order valence-corrected chi connectivity index (χ2v) is 3.67. The summed E-state index contributed by atoms with van der Waals surface area (Å²) < 4.78 is 29.7. The van der Waals surface area contributed by atoms with E-state index in [0.29, 0.717) is 0 Å². The summed E-state index contributed by atoms with van der Waals surface area (Å²) in [5.74, 6) is 0. The van der Waals surface area contributed by atoms with Crippen LogP contribution in [0.25, 0.3) is 6.08 Å². The summed E-state index contributed by atoms with van der Waals surface area (Å²) in [6.07, 6.45) is 1.59. The maximum Gasteiger partial charge on any atom is 0.294 e. The molecular formula is C8H8CuO3S. The zero-order valence-electron chi connectivity index (χ0n) is 6.57. The zero-order valence-corrected chi connectivity index (χ0v) is 8.33. The summed E-state index contributed by atoms with van der Waals surface area (Å²) in [5.41, 5.74) is 0.808. The Hall–Kier alpha value is -0.611. The van der Waals surface area contributed by atoms with Crippen LogP contribution in [0.1, 0.15) is 5.56 Å². The first-order chi connectivity index (χ1) is 5.54. The maximum absolute atomic E-state index is 10.6.